The van der Waals surface area contributed by atoms with Crippen molar-refractivity contribution in [1.82, 2.24) is 9.97 Å². The summed E-state index contributed by atoms with van der Waals surface area (Å²) in [6, 6.07) is 75.5. The van der Waals surface area contributed by atoms with Gasteiger partial charge in [-0.25, -0.2) is 4.98 Å². The highest BCUT2D eigenvalue weighted by molar-refractivity contribution is 6.16. The summed E-state index contributed by atoms with van der Waals surface area (Å²) in [5.74, 6) is 1.71. The minimum Gasteiger partial charge on any atom is -0.455 e. The molecule has 0 atom stereocenters. The van der Waals surface area contributed by atoms with Crippen LogP contribution in [-0.4, -0.2) is 9.97 Å². The van der Waals surface area contributed by atoms with Crippen LogP contribution in [0.15, 0.2) is 223 Å². The van der Waals surface area contributed by atoms with Gasteiger partial charge in [0, 0.05) is 44.8 Å². The quantitative estimate of drug-likeness (QED) is 0.158. The van der Waals surface area contributed by atoms with E-state index in [1.807, 2.05) is 12.3 Å². The van der Waals surface area contributed by atoms with Crippen molar-refractivity contribution in [2.45, 2.75) is 0 Å². The third-order valence-electron chi connectivity index (χ3n) is 12.1. The second-order valence-electron chi connectivity index (χ2n) is 15.6. The molecule has 0 saturated carbocycles. The molecule has 61 heavy (non-hydrogen) atoms. The van der Waals surface area contributed by atoms with Crippen molar-refractivity contribution in [3.8, 4) is 67.3 Å². The van der Waals surface area contributed by atoms with Gasteiger partial charge in [0.05, 0.1) is 16.7 Å². The number of aromatic nitrogens is 2. The molecule has 12 aromatic rings. The summed E-state index contributed by atoms with van der Waals surface area (Å²) in [5, 5.41) is 9.28. The Morgan fingerprint density at radius 2 is 0.836 bits per heavy atom. The van der Waals surface area contributed by atoms with Gasteiger partial charge < -0.3 is 4.42 Å². The van der Waals surface area contributed by atoms with E-state index in [1.165, 1.54) is 27.1 Å². The van der Waals surface area contributed by atoms with Crippen LogP contribution in [0.3, 0.4) is 0 Å². The molecule has 12 rings (SSSR count). The van der Waals surface area contributed by atoms with Crippen molar-refractivity contribution in [1.29, 1.82) is 0 Å². The van der Waals surface area contributed by atoms with E-state index in [9.17, 15) is 0 Å². The van der Waals surface area contributed by atoms with Crippen LogP contribution in [-0.2, 0) is 0 Å². The predicted octanol–water partition coefficient (Wildman–Crippen LogP) is 15.8. The van der Waals surface area contributed by atoms with Crippen molar-refractivity contribution in [3.05, 3.63) is 219 Å². The second-order valence-corrected chi connectivity index (χ2v) is 15.6. The molecule has 3 nitrogen and oxygen atoms in total. The van der Waals surface area contributed by atoms with Crippen LogP contribution < -0.4 is 0 Å². The Morgan fingerprint density at radius 3 is 1.59 bits per heavy atom. The number of nitrogens with zero attached hydrogens (tertiary/aromatic N) is 2. The van der Waals surface area contributed by atoms with Crippen LogP contribution in [0.4, 0.5) is 0 Å². The predicted molar refractivity (Wildman–Crippen MR) is 254 cm³/mol. The monoisotopic (exact) mass is 776 g/mol. The lowest BCUT2D eigenvalue weighted by Crippen LogP contribution is -1.91. The highest BCUT2D eigenvalue weighted by atomic mass is 16.3. The highest BCUT2D eigenvalue weighted by Gasteiger charge is 2.27. The van der Waals surface area contributed by atoms with E-state index in [1.54, 1.807) is 0 Å². The molecule has 9 aromatic carbocycles. The van der Waals surface area contributed by atoms with Gasteiger partial charge in [-0.15, -0.1) is 0 Å². The normalized spacial score (nSPS) is 11.6. The molecule has 0 bridgehead atoms. The van der Waals surface area contributed by atoms with Crippen molar-refractivity contribution in [3.63, 3.8) is 0 Å². The Morgan fingerprint density at radius 1 is 0.311 bits per heavy atom. The maximum absolute atomic E-state index is 7.25. The minimum atomic E-state index is 0.847. The van der Waals surface area contributed by atoms with E-state index in [4.69, 9.17) is 14.4 Å². The SMILES string of the molecule is c1ccc(-c2oc(-c3cc4ccccc4c4ccccc34)c(-c3ccccc3)c2-c2ccc(-c3ccc(-c4ccc5ccc6cccnc6c5n4)c4ccccc34)cc2)cc1. The van der Waals surface area contributed by atoms with Gasteiger partial charge >= 0.3 is 0 Å². The van der Waals surface area contributed by atoms with Crippen molar-refractivity contribution in [2.24, 2.45) is 0 Å². The molecule has 0 fully saturated rings. The van der Waals surface area contributed by atoms with E-state index in [0.29, 0.717) is 0 Å². The van der Waals surface area contributed by atoms with E-state index in [0.717, 1.165) is 94.3 Å². The summed E-state index contributed by atoms with van der Waals surface area (Å²) < 4.78 is 7.25. The maximum atomic E-state index is 7.25. The number of hydrogen-bond acceptors (Lipinski definition) is 3. The summed E-state index contributed by atoms with van der Waals surface area (Å²) >= 11 is 0. The van der Waals surface area contributed by atoms with E-state index in [-0.39, 0.29) is 0 Å². The third-order valence-corrected chi connectivity index (χ3v) is 12.1. The Kier molecular flexibility index (Phi) is 8.17. The molecule has 3 aromatic heterocycles. The van der Waals surface area contributed by atoms with Crippen molar-refractivity contribution < 1.29 is 4.42 Å². The number of benzene rings is 9. The lowest BCUT2D eigenvalue weighted by atomic mass is 9.88. The fourth-order valence-electron chi connectivity index (χ4n) is 9.28. The van der Waals surface area contributed by atoms with Gasteiger partial charge in [-0.3, -0.25) is 4.98 Å². The Balaban J connectivity index is 1.04. The lowest BCUT2D eigenvalue weighted by Gasteiger charge is -2.14. The molecule has 0 N–H and O–H groups in total. The first-order valence-corrected chi connectivity index (χ1v) is 20.7. The van der Waals surface area contributed by atoms with Crippen LogP contribution in [0.5, 0.6) is 0 Å². The third kappa shape index (κ3) is 5.82. The fourth-order valence-corrected chi connectivity index (χ4v) is 9.28. The Bertz CT molecular complexity index is 3630. The average molecular weight is 777 g/mol. The molecular weight excluding hydrogens is 741 g/mol. The standard InChI is InChI=1S/C58H36N2O/c1-3-14-38(15-4-1)54-53(57(42-16-5-2-6-17-42)61-58(54)51-36-43-18-7-8-20-44(43)46-21-10-12-24-49(46)51)39-27-25-37(26-28-39)45-32-33-50(48-23-11-9-22-47(45)48)52-34-31-41-30-29-40-19-13-35-59-55(40)56(41)60-52/h1-36H. The van der Waals surface area contributed by atoms with Crippen LogP contribution in [0.1, 0.15) is 0 Å². The number of fused-ring (bicyclic) bond motifs is 7. The highest BCUT2D eigenvalue weighted by Crippen LogP contribution is 2.51. The van der Waals surface area contributed by atoms with Gasteiger partial charge in [-0.2, -0.15) is 0 Å². The zero-order valence-electron chi connectivity index (χ0n) is 33.1. The topological polar surface area (TPSA) is 38.9 Å². The van der Waals surface area contributed by atoms with Gasteiger partial charge in [0.1, 0.15) is 11.5 Å². The summed E-state index contributed by atoms with van der Waals surface area (Å²) in [7, 11) is 0. The summed E-state index contributed by atoms with van der Waals surface area (Å²) in [4.78, 5) is 9.93. The number of hydrogen-bond donors (Lipinski definition) is 0. The molecule has 0 amide bonds. The minimum absolute atomic E-state index is 0.847. The van der Waals surface area contributed by atoms with E-state index < -0.39 is 0 Å². The van der Waals surface area contributed by atoms with E-state index in [2.05, 4.69) is 206 Å². The summed E-state index contributed by atoms with van der Waals surface area (Å²) in [6.07, 6.45) is 1.84. The number of furan rings is 1. The molecule has 0 aliphatic heterocycles. The first kappa shape index (κ1) is 34.9. The lowest BCUT2D eigenvalue weighted by molar-refractivity contribution is 0.599. The molecule has 3 heterocycles. The molecular formula is C58H36N2O. The molecule has 0 aliphatic rings. The van der Waals surface area contributed by atoms with Gasteiger partial charge in [-0.05, 0) is 72.8 Å². The van der Waals surface area contributed by atoms with Gasteiger partial charge in [0.25, 0.3) is 0 Å². The molecule has 0 radical (unpaired) electrons. The van der Waals surface area contributed by atoms with Gasteiger partial charge in [0.15, 0.2) is 0 Å². The Hall–Kier alpha value is -8.14. The second kappa shape index (κ2) is 14.3. The smallest absolute Gasteiger partial charge is 0.143 e. The van der Waals surface area contributed by atoms with Crippen LogP contribution in [0.25, 0.3) is 121 Å². The molecule has 0 spiro atoms. The summed E-state index contributed by atoms with van der Waals surface area (Å²) in [5.41, 5.74) is 12.6. The molecule has 0 aliphatic carbocycles. The maximum Gasteiger partial charge on any atom is 0.143 e. The molecule has 284 valence electrons. The largest absolute Gasteiger partial charge is 0.455 e. The van der Waals surface area contributed by atoms with Crippen LogP contribution >= 0.6 is 0 Å². The molecule has 0 saturated heterocycles. The number of pyridine rings is 2. The first-order chi connectivity index (χ1) is 30.3. The molecule has 0 unspecified atom stereocenters. The zero-order valence-corrected chi connectivity index (χ0v) is 33.1. The average Bonchev–Trinajstić information content (AvgIpc) is 3.74. The summed E-state index contributed by atoms with van der Waals surface area (Å²) in [6.45, 7) is 0. The fraction of sp³-hybridized carbons (Fsp3) is 0. The van der Waals surface area contributed by atoms with Gasteiger partial charge in [0.2, 0.25) is 0 Å². The zero-order chi connectivity index (χ0) is 40.3. The number of rotatable bonds is 6. The van der Waals surface area contributed by atoms with Crippen LogP contribution in [0.2, 0.25) is 0 Å². The van der Waals surface area contributed by atoms with Gasteiger partial charge in [-0.1, -0.05) is 194 Å². The van der Waals surface area contributed by atoms with Crippen LogP contribution in [0, 0.1) is 0 Å². The molecule has 3 heteroatoms. The van der Waals surface area contributed by atoms with E-state index >= 15 is 0 Å². The van der Waals surface area contributed by atoms with Crippen molar-refractivity contribution >= 4 is 54.1 Å². The van der Waals surface area contributed by atoms with Crippen molar-refractivity contribution in [2.75, 3.05) is 0 Å². The first-order valence-electron chi connectivity index (χ1n) is 20.7. The Labute approximate surface area is 352 Å².